The molecule has 0 aliphatic rings. The van der Waals surface area contributed by atoms with E-state index in [0.717, 1.165) is 0 Å². The summed E-state index contributed by atoms with van der Waals surface area (Å²) in [5.74, 6) is 5.43. The lowest BCUT2D eigenvalue weighted by atomic mass is 9.87. The summed E-state index contributed by atoms with van der Waals surface area (Å²) >= 11 is 0. The SMILES string of the molecule is CC(N(C)Cc1ccc(C#CCCO)cc1F)C(C)(C)C. The first-order chi connectivity index (χ1) is 9.75. The fourth-order valence-electron chi connectivity index (χ4n) is 2.04. The Bertz CT molecular complexity index is 522. The van der Waals surface area contributed by atoms with Gasteiger partial charge in [-0.1, -0.05) is 38.7 Å². The van der Waals surface area contributed by atoms with Gasteiger partial charge in [-0.3, -0.25) is 4.90 Å². The Balaban J connectivity index is 2.80. The molecular formula is C18H26FNO. The molecule has 1 rings (SSSR count). The molecule has 1 atom stereocenters. The lowest BCUT2D eigenvalue weighted by Crippen LogP contribution is -2.38. The molecule has 0 spiro atoms. The van der Waals surface area contributed by atoms with Gasteiger partial charge in [-0.15, -0.1) is 0 Å². The van der Waals surface area contributed by atoms with Crippen LogP contribution < -0.4 is 0 Å². The Morgan fingerprint density at radius 1 is 1.33 bits per heavy atom. The number of aliphatic hydroxyl groups excluding tert-OH is 1. The second kappa shape index (κ2) is 7.59. The molecule has 21 heavy (non-hydrogen) atoms. The third-order valence-corrected chi connectivity index (χ3v) is 3.86. The zero-order chi connectivity index (χ0) is 16.0. The van der Waals surface area contributed by atoms with Crippen molar-refractivity contribution in [3.8, 4) is 11.8 Å². The van der Waals surface area contributed by atoms with Crippen LogP contribution in [-0.4, -0.2) is 29.7 Å². The second-order valence-corrected chi connectivity index (χ2v) is 6.54. The molecule has 1 aromatic carbocycles. The Kier molecular flexibility index (Phi) is 6.39. The van der Waals surface area contributed by atoms with Gasteiger partial charge in [0.2, 0.25) is 0 Å². The van der Waals surface area contributed by atoms with Gasteiger partial charge in [-0.25, -0.2) is 4.39 Å². The molecule has 1 aromatic rings. The van der Waals surface area contributed by atoms with E-state index in [9.17, 15) is 4.39 Å². The highest BCUT2D eigenvalue weighted by Crippen LogP contribution is 2.24. The minimum atomic E-state index is -0.223. The van der Waals surface area contributed by atoms with Gasteiger partial charge in [0.05, 0.1) is 6.61 Å². The van der Waals surface area contributed by atoms with E-state index in [2.05, 4.69) is 44.4 Å². The van der Waals surface area contributed by atoms with Crippen molar-refractivity contribution >= 4 is 0 Å². The maximum absolute atomic E-state index is 14.1. The molecule has 0 saturated heterocycles. The molecule has 1 N–H and O–H groups in total. The average Bonchev–Trinajstić information content (AvgIpc) is 2.40. The minimum absolute atomic E-state index is 0.0308. The highest BCUT2D eigenvalue weighted by atomic mass is 19.1. The van der Waals surface area contributed by atoms with E-state index >= 15 is 0 Å². The van der Waals surface area contributed by atoms with E-state index < -0.39 is 0 Å². The predicted molar refractivity (Wildman–Crippen MR) is 85.4 cm³/mol. The number of aliphatic hydroxyl groups is 1. The number of hydrogen-bond acceptors (Lipinski definition) is 2. The molecule has 2 nitrogen and oxygen atoms in total. The largest absolute Gasteiger partial charge is 0.395 e. The predicted octanol–water partition coefficient (Wildman–Crippen LogP) is 3.43. The standard InChI is InChI=1S/C18H26FNO/c1-14(18(2,3)4)20(5)13-16-10-9-15(12-17(16)19)8-6-7-11-21/h9-10,12,14,21H,7,11,13H2,1-5H3. The molecule has 0 fully saturated rings. The topological polar surface area (TPSA) is 23.5 Å². The summed E-state index contributed by atoms with van der Waals surface area (Å²) in [6.45, 7) is 9.32. The molecule has 0 aliphatic heterocycles. The molecule has 0 aromatic heterocycles. The van der Waals surface area contributed by atoms with Crippen LogP contribution in [0.4, 0.5) is 4.39 Å². The molecule has 0 amide bonds. The zero-order valence-corrected chi connectivity index (χ0v) is 13.7. The van der Waals surface area contributed by atoms with Crippen molar-refractivity contribution in [3.05, 3.63) is 35.1 Å². The highest BCUT2D eigenvalue weighted by molar-refractivity contribution is 5.37. The summed E-state index contributed by atoms with van der Waals surface area (Å²) in [5.41, 5.74) is 1.48. The van der Waals surface area contributed by atoms with E-state index in [0.29, 0.717) is 30.1 Å². The van der Waals surface area contributed by atoms with Gasteiger partial charge in [0.25, 0.3) is 0 Å². The van der Waals surface area contributed by atoms with Crippen LogP contribution in [0, 0.1) is 23.1 Å². The van der Waals surface area contributed by atoms with E-state index in [-0.39, 0.29) is 17.8 Å². The van der Waals surface area contributed by atoms with Crippen molar-refractivity contribution in [2.45, 2.75) is 46.7 Å². The number of nitrogens with zero attached hydrogens (tertiary/aromatic N) is 1. The molecule has 0 aliphatic carbocycles. The maximum Gasteiger partial charge on any atom is 0.128 e. The smallest absolute Gasteiger partial charge is 0.128 e. The second-order valence-electron chi connectivity index (χ2n) is 6.54. The summed E-state index contributed by atoms with van der Waals surface area (Å²) in [6.07, 6.45) is 0.412. The van der Waals surface area contributed by atoms with Crippen LogP contribution in [-0.2, 0) is 6.54 Å². The van der Waals surface area contributed by atoms with Gasteiger partial charge in [0, 0.05) is 30.1 Å². The summed E-state index contributed by atoms with van der Waals surface area (Å²) < 4.78 is 14.1. The van der Waals surface area contributed by atoms with E-state index in [1.54, 1.807) is 6.07 Å². The summed E-state index contributed by atoms with van der Waals surface area (Å²) in [7, 11) is 2.02. The highest BCUT2D eigenvalue weighted by Gasteiger charge is 2.24. The first-order valence-electron chi connectivity index (χ1n) is 7.34. The van der Waals surface area contributed by atoms with Crippen LogP contribution in [0.25, 0.3) is 0 Å². The number of rotatable bonds is 4. The van der Waals surface area contributed by atoms with Crippen molar-refractivity contribution in [1.82, 2.24) is 4.90 Å². The Labute approximate surface area is 128 Å². The Hall–Kier alpha value is -1.37. The number of benzene rings is 1. The fourth-order valence-corrected chi connectivity index (χ4v) is 2.04. The van der Waals surface area contributed by atoms with Crippen molar-refractivity contribution in [1.29, 1.82) is 0 Å². The quantitative estimate of drug-likeness (QED) is 0.859. The van der Waals surface area contributed by atoms with Crippen LogP contribution in [0.15, 0.2) is 18.2 Å². The van der Waals surface area contributed by atoms with Gasteiger partial charge in [0.15, 0.2) is 0 Å². The molecule has 0 saturated carbocycles. The van der Waals surface area contributed by atoms with E-state index in [4.69, 9.17) is 5.11 Å². The molecule has 1 unspecified atom stereocenters. The first-order valence-corrected chi connectivity index (χ1v) is 7.34. The van der Waals surface area contributed by atoms with Crippen LogP contribution in [0.2, 0.25) is 0 Å². The van der Waals surface area contributed by atoms with Crippen LogP contribution in [0.1, 0.15) is 45.2 Å². The molecular weight excluding hydrogens is 265 g/mol. The van der Waals surface area contributed by atoms with Gasteiger partial charge in [0.1, 0.15) is 5.82 Å². The normalized spacial score (nSPS) is 13.0. The fraction of sp³-hybridized carbons (Fsp3) is 0.556. The van der Waals surface area contributed by atoms with Crippen molar-refractivity contribution in [3.63, 3.8) is 0 Å². The molecule has 0 bridgehead atoms. The average molecular weight is 291 g/mol. The van der Waals surface area contributed by atoms with Crippen molar-refractivity contribution in [2.75, 3.05) is 13.7 Å². The summed E-state index contributed by atoms with van der Waals surface area (Å²) in [6, 6.07) is 5.44. The van der Waals surface area contributed by atoms with E-state index in [1.165, 1.54) is 6.07 Å². The zero-order valence-electron chi connectivity index (χ0n) is 13.7. The number of halogens is 1. The van der Waals surface area contributed by atoms with Gasteiger partial charge in [-0.2, -0.15) is 0 Å². The van der Waals surface area contributed by atoms with Crippen molar-refractivity contribution in [2.24, 2.45) is 5.41 Å². The Morgan fingerprint density at radius 2 is 2.00 bits per heavy atom. The minimum Gasteiger partial charge on any atom is -0.395 e. The molecule has 0 radical (unpaired) electrons. The van der Waals surface area contributed by atoms with Crippen LogP contribution >= 0.6 is 0 Å². The molecule has 3 heteroatoms. The van der Waals surface area contributed by atoms with Gasteiger partial charge in [-0.05, 0) is 31.5 Å². The molecule has 116 valence electrons. The van der Waals surface area contributed by atoms with Crippen LogP contribution in [0.3, 0.4) is 0 Å². The Morgan fingerprint density at radius 3 is 2.52 bits per heavy atom. The van der Waals surface area contributed by atoms with E-state index in [1.807, 2.05) is 13.1 Å². The first kappa shape index (κ1) is 17.7. The molecule has 0 heterocycles. The van der Waals surface area contributed by atoms with Gasteiger partial charge >= 0.3 is 0 Å². The lowest BCUT2D eigenvalue weighted by molar-refractivity contribution is 0.133. The third-order valence-electron chi connectivity index (χ3n) is 3.86. The third kappa shape index (κ3) is 5.49. The maximum atomic E-state index is 14.1. The lowest BCUT2D eigenvalue weighted by Gasteiger charge is -2.35. The van der Waals surface area contributed by atoms with Crippen molar-refractivity contribution < 1.29 is 9.50 Å². The number of hydrogen-bond donors (Lipinski definition) is 1. The monoisotopic (exact) mass is 291 g/mol. The van der Waals surface area contributed by atoms with Gasteiger partial charge < -0.3 is 5.11 Å². The van der Waals surface area contributed by atoms with Crippen LogP contribution in [0.5, 0.6) is 0 Å². The summed E-state index contributed by atoms with van der Waals surface area (Å²) in [4.78, 5) is 2.16. The summed E-state index contributed by atoms with van der Waals surface area (Å²) in [5, 5.41) is 8.68.